The molecule has 4 N–H and O–H groups in total. The summed E-state index contributed by atoms with van der Waals surface area (Å²) < 4.78 is 23.5. The second kappa shape index (κ2) is 10.2. The third-order valence-electron chi connectivity index (χ3n) is 8.68. The molecule has 13 heteroatoms. The summed E-state index contributed by atoms with van der Waals surface area (Å²) >= 11 is 8.11. The van der Waals surface area contributed by atoms with Gasteiger partial charge in [0.2, 0.25) is 5.91 Å². The molecule has 4 aromatic rings. The minimum absolute atomic E-state index is 0.0188. The highest BCUT2D eigenvalue weighted by atomic mass is 35.5. The van der Waals surface area contributed by atoms with E-state index in [1.807, 2.05) is 23.1 Å². The van der Waals surface area contributed by atoms with Crippen molar-refractivity contribution in [3.05, 3.63) is 35.1 Å². The van der Waals surface area contributed by atoms with Crippen molar-refractivity contribution in [1.82, 2.24) is 24.8 Å². The SMILES string of the molecule is CN1CCC[C@H]1COc1nc(N2C[C@@H]3[C@H]2CCN3C(=O)CN)c2cc(Cl)c(-c3cccc4nc(N)sc34)c(F)c2n1. The molecule has 0 saturated carbocycles. The lowest BCUT2D eigenvalue weighted by molar-refractivity contribution is -0.131. The van der Waals surface area contributed by atoms with Crippen LogP contribution in [0, 0.1) is 5.82 Å². The van der Waals surface area contributed by atoms with Crippen molar-refractivity contribution in [2.45, 2.75) is 37.4 Å². The molecule has 3 aliphatic heterocycles. The van der Waals surface area contributed by atoms with E-state index in [1.54, 1.807) is 6.07 Å². The number of amides is 1. The summed E-state index contributed by atoms with van der Waals surface area (Å²) in [5, 5.41) is 1.14. The number of carbonyl (C=O) groups is 1. The summed E-state index contributed by atoms with van der Waals surface area (Å²) in [6.45, 7) is 2.59. The van der Waals surface area contributed by atoms with Crippen molar-refractivity contribution in [3.8, 4) is 17.1 Å². The minimum atomic E-state index is -0.554. The smallest absolute Gasteiger partial charge is 0.319 e. The van der Waals surface area contributed by atoms with Crippen LogP contribution in [0.25, 0.3) is 32.2 Å². The van der Waals surface area contributed by atoms with Crippen molar-refractivity contribution >= 4 is 60.9 Å². The summed E-state index contributed by atoms with van der Waals surface area (Å²) in [5.41, 5.74) is 13.3. The van der Waals surface area contributed by atoms with Gasteiger partial charge in [-0.1, -0.05) is 35.1 Å². The van der Waals surface area contributed by atoms with Gasteiger partial charge in [-0.2, -0.15) is 9.97 Å². The van der Waals surface area contributed by atoms with Gasteiger partial charge in [-0.15, -0.1) is 0 Å². The molecule has 5 heterocycles. The average Bonchev–Trinajstić information content (AvgIpc) is 3.63. The number of likely N-dealkylation sites (tertiary alicyclic amines) is 2. The molecule has 0 spiro atoms. The lowest BCUT2D eigenvalue weighted by Gasteiger charge is -2.47. The van der Waals surface area contributed by atoms with Crippen LogP contribution < -0.4 is 21.1 Å². The fourth-order valence-electron chi connectivity index (χ4n) is 6.50. The molecule has 7 rings (SSSR count). The number of ether oxygens (including phenoxy) is 1. The summed E-state index contributed by atoms with van der Waals surface area (Å²) in [6.07, 6.45) is 2.90. The first-order valence-electron chi connectivity index (χ1n) is 13.8. The lowest BCUT2D eigenvalue weighted by Crippen LogP contribution is -2.63. The number of carbonyl (C=O) groups excluding carboxylic acids is 1. The molecule has 0 radical (unpaired) electrons. The molecule has 3 fully saturated rings. The number of benzene rings is 2. The molecule has 2 aromatic carbocycles. The van der Waals surface area contributed by atoms with Crippen LogP contribution in [0.5, 0.6) is 6.01 Å². The van der Waals surface area contributed by atoms with Crippen molar-refractivity contribution in [2.75, 3.05) is 50.5 Å². The monoisotopic (exact) mass is 596 g/mol. The van der Waals surface area contributed by atoms with Gasteiger partial charge in [0.15, 0.2) is 10.9 Å². The molecule has 3 saturated heterocycles. The van der Waals surface area contributed by atoms with Crippen LogP contribution in [0.2, 0.25) is 5.02 Å². The van der Waals surface area contributed by atoms with E-state index in [9.17, 15) is 4.79 Å². The van der Waals surface area contributed by atoms with Gasteiger partial charge in [0.1, 0.15) is 17.9 Å². The van der Waals surface area contributed by atoms with Crippen LogP contribution in [0.1, 0.15) is 19.3 Å². The Balaban J connectivity index is 1.34. The molecule has 0 aliphatic carbocycles. The molecule has 3 aliphatic rings. The number of nitrogens with zero attached hydrogens (tertiary/aromatic N) is 6. The maximum Gasteiger partial charge on any atom is 0.319 e. The molecule has 2 aromatic heterocycles. The van der Waals surface area contributed by atoms with E-state index >= 15 is 4.39 Å². The van der Waals surface area contributed by atoms with Crippen molar-refractivity contribution in [1.29, 1.82) is 0 Å². The number of fused-ring (bicyclic) bond motifs is 3. The second-order valence-corrected chi connectivity index (χ2v) is 12.4. The Labute approximate surface area is 245 Å². The number of thiazole rings is 1. The Morgan fingerprint density at radius 2 is 2.07 bits per heavy atom. The fourth-order valence-corrected chi connectivity index (χ4v) is 7.65. The lowest BCUT2D eigenvalue weighted by atomic mass is 9.95. The molecular formula is C28H30ClFN8O2S. The van der Waals surface area contributed by atoms with E-state index in [-0.39, 0.29) is 52.7 Å². The van der Waals surface area contributed by atoms with Crippen LogP contribution in [-0.2, 0) is 4.79 Å². The normalized spacial score (nSPS) is 22.5. The standard InChI is InChI=1S/C28H30ClFN8O2S/c1-36-8-3-4-14(36)13-40-28-34-24-16(26(35-28)38-12-20-19(38)7-9-37(20)21(39)11-31)10-17(29)22(23(24)30)15-5-2-6-18-25(15)41-27(32)33-18/h2,5-6,10,14,19-20H,3-4,7-9,11-13,31H2,1H3,(H2,32,33)/t14-,19+,20+/m0/s1. The first kappa shape index (κ1) is 26.6. The molecule has 41 heavy (non-hydrogen) atoms. The molecular weight excluding hydrogens is 567 g/mol. The fraction of sp³-hybridized carbons (Fsp3) is 0.429. The first-order valence-corrected chi connectivity index (χ1v) is 15.0. The Kier molecular flexibility index (Phi) is 6.61. The van der Waals surface area contributed by atoms with E-state index in [4.69, 9.17) is 32.8 Å². The topological polar surface area (TPSA) is 127 Å². The van der Waals surface area contributed by atoms with Crippen molar-refractivity contribution in [2.24, 2.45) is 5.73 Å². The minimum Gasteiger partial charge on any atom is -0.462 e. The number of halogens is 2. The van der Waals surface area contributed by atoms with Gasteiger partial charge in [-0.25, -0.2) is 9.37 Å². The van der Waals surface area contributed by atoms with Crippen LogP contribution in [0.4, 0.5) is 15.3 Å². The molecule has 3 atom stereocenters. The highest BCUT2D eigenvalue weighted by Gasteiger charge is 2.49. The molecule has 0 unspecified atom stereocenters. The number of aromatic nitrogens is 3. The number of anilines is 2. The highest BCUT2D eigenvalue weighted by molar-refractivity contribution is 7.22. The van der Waals surface area contributed by atoms with E-state index in [0.717, 1.165) is 30.5 Å². The van der Waals surface area contributed by atoms with Crippen molar-refractivity contribution < 1.29 is 13.9 Å². The number of nitrogen functional groups attached to an aromatic ring is 1. The van der Waals surface area contributed by atoms with E-state index in [2.05, 4.69) is 26.8 Å². The van der Waals surface area contributed by atoms with Crippen LogP contribution in [0.3, 0.4) is 0 Å². The third kappa shape index (κ3) is 4.35. The van der Waals surface area contributed by atoms with Crippen molar-refractivity contribution in [3.63, 3.8) is 0 Å². The number of hydrogen-bond acceptors (Lipinski definition) is 10. The Hall–Kier alpha value is -3.32. The highest BCUT2D eigenvalue weighted by Crippen LogP contribution is 2.45. The van der Waals surface area contributed by atoms with Gasteiger partial charge in [-0.05, 0) is 45.0 Å². The Morgan fingerprint density at radius 3 is 2.85 bits per heavy atom. The van der Waals surface area contributed by atoms with Crippen LogP contribution in [-0.4, -0.2) is 88.6 Å². The van der Waals surface area contributed by atoms with Gasteiger partial charge < -0.3 is 30.9 Å². The summed E-state index contributed by atoms with van der Waals surface area (Å²) in [5.74, 6) is -0.0615. The summed E-state index contributed by atoms with van der Waals surface area (Å²) in [6, 6.07) is 7.65. The zero-order valence-corrected chi connectivity index (χ0v) is 24.1. The Bertz CT molecular complexity index is 1680. The maximum absolute atomic E-state index is 16.6. The van der Waals surface area contributed by atoms with Crippen LogP contribution in [0.15, 0.2) is 24.3 Å². The third-order valence-corrected chi connectivity index (χ3v) is 9.91. The predicted molar refractivity (Wildman–Crippen MR) is 159 cm³/mol. The number of rotatable bonds is 6. The predicted octanol–water partition coefficient (Wildman–Crippen LogP) is 3.50. The molecule has 214 valence electrons. The second-order valence-electron chi connectivity index (χ2n) is 10.9. The summed E-state index contributed by atoms with van der Waals surface area (Å²) in [7, 11) is 2.07. The number of nitrogens with two attached hydrogens (primary N) is 2. The largest absolute Gasteiger partial charge is 0.462 e. The van der Waals surface area contributed by atoms with E-state index in [1.165, 1.54) is 11.3 Å². The van der Waals surface area contributed by atoms with Gasteiger partial charge in [0, 0.05) is 35.6 Å². The number of hydrogen-bond donors (Lipinski definition) is 2. The van der Waals surface area contributed by atoms with E-state index < -0.39 is 5.82 Å². The zero-order valence-electron chi connectivity index (χ0n) is 22.5. The van der Waals surface area contributed by atoms with E-state index in [0.29, 0.717) is 47.1 Å². The van der Waals surface area contributed by atoms with Gasteiger partial charge >= 0.3 is 6.01 Å². The van der Waals surface area contributed by atoms with Crippen LogP contribution >= 0.6 is 22.9 Å². The molecule has 1 amide bonds. The Morgan fingerprint density at radius 1 is 1.22 bits per heavy atom. The first-order chi connectivity index (χ1) is 19.8. The summed E-state index contributed by atoms with van der Waals surface area (Å²) in [4.78, 5) is 32.3. The number of likely N-dealkylation sites (N-methyl/N-ethyl adjacent to an activating group) is 1. The quantitative estimate of drug-likeness (QED) is 0.344. The van der Waals surface area contributed by atoms with Gasteiger partial charge in [0.05, 0.1) is 33.9 Å². The zero-order chi connectivity index (χ0) is 28.4. The molecule has 10 nitrogen and oxygen atoms in total. The average molecular weight is 597 g/mol. The maximum atomic E-state index is 16.6. The molecule has 0 bridgehead atoms. The van der Waals surface area contributed by atoms with Gasteiger partial charge in [0.25, 0.3) is 0 Å². The van der Waals surface area contributed by atoms with Gasteiger partial charge in [-0.3, -0.25) is 4.79 Å².